The van der Waals surface area contributed by atoms with Gasteiger partial charge in [-0.3, -0.25) is 9.59 Å². The Hall–Kier alpha value is -2.51. The van der Waals surface area contributed by atoms with Crippen molar-refractivity contribution in [1.29, 1.82) is 0 Å². The highest BCUT2D eigenvalue weighted by molar-refractivity contribution is 7.89. The van der Waals surface area contributed by atoms with Crippen molar-refractivity contribution in [3.63, 3.8) is 0 Å². The van der Waals surface area contributed by atoms with Crippen LogP contribution in [-0.2, 0) is 10.0 Å². The molecule has 2 heterocycles. The highest BCUT2D eigenvalue weighted by Gasteiger charge is 2.37. The summed E-state index contributed by atoms with van der Waals surface area (Å²) in [4.78, 5) is 26.5. The van der Waals surface area contributed by atoms with Crippen molar-refractivity contribution in [2.75, 3.05) is 11.4 Å². The maximum absolute atomic E-state index is 13.1. The van der Waals surface area contributed by atoms with Crippen molar-refractivity contribution >= 4 is 27.5 Å². The summed E-state index contributed by atoms with van der Waals surface area (Å²) in [6, 6.07) is 12.7. The molecule has 146 valence electrons. The Bertz CT molecular complexity index is 996. The first kappa shape index (κ1) is 18.8. The third kappa shape index (κ3) is 2.95. The van der Waals surface area contributed by atoms with Crippen LogP contribution < -0.4 is 4.90 Å². The molecule has 2 amide bonds. The molecule has 6 nitrogen and oxygen atoms in total. The minimum Gasteiger partial charge on any atom is -0.268 e. The third-order valence-corrected chi connectivity index (χ3v) is 7.51. The topological polar surface area (TPSA) is 74.8 Å². The van der Waals surface area contributed by atoms with Gasteiger partial charge in [0.1, 0.15) is 0 Å². The number of hydrogen-bond acceptors (Lipinski definition) is 4. The van der Waals surface area contributed by atoms with Crippen molar-refractivity contribution in [3.8, 4) is 0 Å². The number of imide groups is 1. The molecule has 0 N–H and O–H groups in total. The second-order valence-electron chi connectivity index (χ2n) is 7.16. The number of anilines is 1. The fraction of sp³-hybridized carbons (Fsp3) is 0.333. The molecule has 7 heteroatoms. The van der Waals surface area contributed by atoms with E-state index < -0.39 is 21.8 Å². The lowest BCUT2D eigenvalue weighted by Crippen LogP contribution is -2.43. The third-order valence-electron chi connectivity index (χ3n) is 5.54. The van der Waals surface area contributed by atoms with Gasteiger partial charge in [0.25, 0.3) is 11.8 Å². The lowest BCUT2D eigenvalue weighted by molar-refractivity contribution is 0.0926. The lowest BCUT2D eigenvalue weighted by Gasteiger charge is -2.34. The van der Waals surface area contributed by atoms with Gasteiger partial charge in [-0.2, -0.15) is 4.31 Å². The highest BCUT2D eigenvalue weighted by atomic mass is 32.2. The Kier molecular flexibility index (Phi) is 4.81. The molecular weight excluding hydrogens is 376 g/mol. The summed E-state index contributed by atoms with van der Waals surface area (Å²) < 4.78 is 27.7. The molecule has 1 atom stereocenters. The minimum atomic E-state index is -3.60. The van der Waals surface area contributed by atoms with Crippen LogP contribution in [0.4, 0.5) is 5.69 Å². The fourth-order valence-corrected chi connectivity index (χ4v) is 5.79. The van der Waals surface area contributed by atoms with E-state index >= 15 is 0 Å². The van der Waals surface area contributed by atoms with Crippen LogP contribution in [-0.4, -0.2) is 37.1 Å². The molecule has 1 fully saturated rings. The van der Waals surface area contributed by atoms with Crippen LogP contribution in [0.5, 0.6) is 0 Å². The van der Waals surface area contributed by atoms with E-state index in [9.17, 15) is 18.0 Å². The van der Waals surface area contributed by atoms with Crippen molar-refractivity contribution in [1.82, 2.24) is 4.31 Å². The molecule has 0 aromatic heterocycles. The molecule has 4 rings (SSSR count). The molecule has 0 aliphatic carbocycles. The van der Waals surface area contributed by atoms with Gasteiger partial charge in [0, 0.05) is 12.6 Å². The Morgan fingerprint density at radius 3 is 2.11 bits per heavy atom. The smallest absolute Gasteiger partial charge is 0.266 e. The van der Waals surface area contributed by atoms with Crippen molar-refractivity contribution in [2.24, 2.45) is 0 Å². The van der Waals surface area contributed by atoms with E-state index in [0.717, 1.165) is 30.6 Å². The average Bonchev–Trinajstić information content (AvgIpc) is 2.98. The fourth-order valence-electron chi connectivity index (χ4n) is 4.02. The summed E-state index contributed by atoms with van der Waals surface area (Å²) >= 11 is 0. The van der Waals surface area contributed by atoms with E-state index in [1.807, 2.05) is 6.92 Å². The standard InChI is InChI=1S/C21H22N2O4S/c1-2-15-7-5-6-14-22(15)28(26,27)17-12-10-16(11-13-17)23-20(24)18-8-3-4-9-19(18)21(23)25/h3-4,8-13,15H,2,5-7,14H2,1H3. The number of benzene rings is 2. The first-order valence-corrected chi connectivity index (χ1v) is 11.0. The predicted molar refractivity (Wildman–Crippen MR) is 106 cm³/mol. The van der Waals surface area contributed by atoms with E-state index in [-0.39, 0.29) is 10.9 Å². The molecule has 0 spiro atoms. The molecule has 2 aromatic carbocycles. The Balaban J connectivity index is 1.63. The summed E-state index contributed by atoms with van der Waals surface area (Å²) in [5, 5.41) is 0. The number of hydrogen-bond donors (Lipinski definition) is 0. The zero-order valence-corrected chi connectivity index (χ0v) is 16.5. The number of rotatable bonds is 4. The molecule has 0 bridgehead atoms. The van der Waals surface area contributed by atoms with Gasteiger partial charge < -0.3 is 0 Å². The van der Waals surface area contributed by atoms with Crippen LogP contribution in [0.3, 0.4) is 0 Å². The van der Waals surface area contributed by atoms with Gasteiger partial charge in [-0.15, -0.1) is 0 Å². The van der Waals surface area contributed by atoms with Crippen molar-refractivity contribution in [2.45, 2.75) is 43.5 Å². The molecular formula is C21H22N2O4S. The molecule has 28 heavy (non-hydrogen) atoms. The van der Waals surface area contributed by atoms with Crippen LogP contribution in [0, 0.1) is 0 Å². The van der Waals surface area contributed by atoms with Gasteiger partial charge in [-0.1, -0.05) is 25.5 Å². The maximum Gasteiger partial charge on any atom is 0.266 e. The number of piperidine rings is 1. The van der Waals surface area contributed by atoms with Crippen molar-refractivity contribution < 1.29 is 18.0 Å². The van der Waals surface area contributed by atoms with Gasteiger partial charge in [-0.05, 0) is 55.7 Å². The van der Waals surface area contributed by atoms with Crippen LogP contribution in [0.1, 0.15) is 53.3 Å². The normalized spacial score (nSPS) is 20.5. The van der Waals surface area contributed by atoms with E-state index in [2.05, 4.69) is 0 Å². The number of fused-ring (bicyclic) bond motifs is 1. The summed E-state index contributed by atoms with van der Waals surface area (Å²) in [5.41, 5.74) is 1.10. The first-order chi connectivity index (χ1) is 13.4. The highest BCUT2D eigenvalue weighted by Crippen LogP contribution is 2.31. The molecule has 2 aromatic rings. The van der Waals surface area contributed by atoms with Crippen LogP contribution >= 0.6 is 0 Å². The van der Waals surface area contributed by atoms with E-state index in [1.165, 1.54) is 24.3 Å². The lowest BCUT2D eigenvalue weighted by atomic mass is 10.0. The SMILES string of the molecule is CCC1CCCCN1S(=O)(=O)c1ccc(N2C(=O)c3ccccc3C2=O)cc1. The van der Waals surface area contributed by atoms with Crippen LogP contribution in [0.2, 0.25) is 0 Å². The molecule has 2 aliphatic rings. The van der Waals surface area contributed by atoms with Gasteiger partial charge >= 0.3 is 0 Å². The zero-order chi connectivity index (χ0) is 19.9. The van der Waals surface area contributed by atoms with Gasteiger partial charge in [0.2, 0.25) is 10.0 Å². The van der Waals surface area contributed by atoms with E-state index in [0.29, 0.717) is 23.4 Å². The second-order valence-corrected chi connectivity index (χ2v) is 9.05. The number of carbonyl (C=O) groups is 2. The molecule has 0 saturated carbocycles. The Labute approximate surface area is 164 Å². The Morgan fingerprint density at radius 2 is 1.54 bits per heavy atom. The van der Waals surface area contributed by atoms with E-state index in [1.54, 1.807) is 28.6 Å². The monoisotopic (exact) mass is 398 g/mol. The second kappa shape index (κ2) is 7.14. The molecule has 1 saturated heterocycles. The summed E-state index contributed by atoms with van der Waals surface area (Å²) in [6.45, 7) is 2.53. The Morgan fingerprint density at radius 1 is 0.929 bits per heavy atom. The molecule has 2 aliphatic heterocycles. The van der Waals surface area contributed by atoms with Crippen LogP contribution in [0.25, 0.3) is 0 Å². The summed E-state index contributed by atoms with van der Waals surface area (Å²) in [7, 11) is -3.60. The number of carbonyl (C=O) groups excluding carboxylic acids is 2. The first-order valence-electron chi connectivity index (χ1n) is 9.55. The maximum atomic E-state index is 13.1. The van der Waals surface area contributed by atoms with Gasteiger partial charge in [0.15, 0.2) is 0 Å². The van der Waals surface area contributed by atoms with E-state index in [4.69, 9.17) is 0 Å². The van der Waals surface area contributed by atoms with Crippen molar-refractivity contribution in [3.05, 3.63) is 59.7 Å². The molecule has 1 unspecified atom stereocenters. The number of sulfonamides is 1. The largest absolute Gasteiger partial charge is 0.268 e. The zero-order valence-electron chi connectivity index (χ0n) is 15.7. The number of nitrogens with zero attached hydrogens (tertiary/aromatic N) is 2. The predicted octanol–water partition coefficient (Wildman–Crippen LogP) is 3.44. The average molecular weight is 398 g/mol. The van der Waals surface area contributed by atoms with Gasteiger partial charge in [-0.25, -0.2) is 13.3 Å². The van der Waals surface area contributed by atoms with Crippen LogP contribution in [0.15, 0.2) is 53.4 Å². The summed E-state index contributed by atoms with van der Waals surface area (Å²) in [6.07, 6.45) is 3.57. The molecule has 0 radical (unpaired) electrons. The van der Waals surface area contributed by atoms with Gasteiger partial charge in [0.05, 0.1) is 21.7 Å². The minimum absolute atomic E-state index is 0.0228. The summed E-state index contributed by atoms with van der Waals surface area (Å²) in [5.74, 6) is -0.781. The number of amides is 2. The quantitative estimate of drug-likeness (QED) is 0.740.